The highest BCUT2D eigenvalue weighted by Gasteiger charge is 2.31. The van der Waals surface area contributed by atoms with E-state index in [4.69, 9.17) is 5.73 Å². The molecule has 1 aromatic carbocycles. The maximum atomic E-state index is 13.4. The van der Waals surface area contributed by atoms with Crippen molar-refractivity contribution in [1.29, 1.82) is 0 Å². The molecule has 11 nitrogen and oxygen atoms in total. The Labute approximate surface area is 220 Å². The van der Waals surface area contributed by atoms with Crippen molar-refractivity contribution in [2.75, 3.05) is 18.6 Å². The number of hydrogen-bond donors (Lipinski definition) is 7. The Morgan fingerprint density at radius 1 is 1.00 bits per heavy atom. The smallest absolute Gasteiger partial charge is 0.328 e. The van der Waals surface area contributed by atoms with Crippen LogP contribution in [0.1, 0.15) is 32.3 Å². The summed E-state index contributed by atoms with van der Waals surface area (Å²) in [5, 5.41) is 27.0. The molecule has 12 heteroatoms. The summed E-state index contributed by atoms with van der Waals surface area (Å²) < 4.78 is 0. The molecule has 37 heavy (non-hydrogen) atoms. The van der Waals surface area contributed by atoms with Crippen molar-refractivity contribution in [3.05, 3.63) is 36.0 Å². The van der Waals surface area contributed by atoms with Gasteiger partial charge in [0, 0.05) is 23.5 Å². The summed E-state index contributed by atoms with van der Waals surface area (Å²) in [6.45, 7) is 2.91. The third-order valence-corrected chi connectivity index (χ3v) is 6.48. The number of aliphatic carboxylic acids is 1. The summed E-state index contributed by atoms with van der Waals surface area (Å²) in [6.07, 6.45) is 4.47. The summed E-state index contributed by atoms with van der Waals surface area (Å²) in [6, 6.07) is 3.12. The zero-order chi connectivity index (χ0) is 27.5. The second-order valence-electron chi connectivity index (χ2n) is 9.29. The molecule has 4 unspecified atom stereocenters. The molecule has 0 saturated heterocycles. The number of carboxylic acids is 1. The largest absolute Gasteiger partial charge is 0.480 e. The minimum atomic E-state index is -1.50. The van der Waals surface area contributed by atoms with Crippen molar-refractivity contribution >= 4 is 46.4 Å². The van der Waals surface area contributed by atoms with Crippen LogP contribution in [0.5, 0.6) is 0 Å². The van der Waals surface area contributed by atoms with Gasteiger partial charge in [-0.25, -0.2) is 4.79 Å². The SMILES string of the molecule is CSCCC(N)C(=O)NC(Cc1c[nH]c2ccccc12)C(=O)NC(CC(C)C)C(=O)NC(CO)C(=O)O. The molecule has 0 bridgehead atoms. The van der Waals surface area contributed by atoms with Gasteiger partial charge >= 0.3 is 5.97 Å². The first-order valence-electron chi connectivity index (χ1n) is 12.1. The number of nitrogens with two attached hydrogens (primary N) is 1. The van der Waals surface area contributed by atoms with E-state index < -0.39 is 54.5 Å². The molecule has 0 radical (unpaired) electrons. The van der Waals surface area contributed by atoms with Gasteiger partial charge in [0.05, 0.1) is 12.6 Å². The first-order valence-corrected chi connectivity index (χ1v) is 13.5. The van der Waals surface area contributed by atoms with Crippen LogP contribution in [0.2, 0.25) is 0 Å². The lowest BCUT2D eigenvalue weighted by molar-refractivity contribution is -0.143. The summed E-state index contributed by atoms with van der Waals surface area (Å²) in [7, 11) is 0. The van der Waals surface area contributed by atoms with E-state index in [-0.39, 0.29) is 18.8 Å². The molecule has 0 spiro atoms. The van der Waals surface area contributed by atoms with E-state index in [0.717, 1.165) is 16.5 Å². The second kappa shape index (κ2) is 14.6. The number of hydrogen-bond acceptors (Lipinski definition) is 7. The van der Waals surface area contributed by atoms with E-state index in [1.807, 2.05) is 44.4 Å². The summed E-state index contributed by atoms with van der Waals surface area (Å²) >= 11 is 1.56. The second-order valence-corrected chi connectivity index (χ2v) is 10.3. The molecule has 0 aliphatic rings. The lowest BCUT2D eigenvalue weighted by Crippen LogP contribution is -2.58. The van der Waals surface area contributed by atoms with Gasteiger partial charge in [0.15, 0.2) is 0 Å². The number of H-pyrrole nitrogens is 1. The molecule has 0 fully saturated rings. The minimum absolute atomic E-state index is 0.0184. The third kappa shape index (κ3) is 9.06. The molecular formula is C25H37N5O6S. The molecule has 2 rings (SSSR count). The summed E-state index contributed by atoms with van der Waals surface area (Å²) in [5.74, 6) is -2.56. The van der Waals surface area contributed by atoms with Crippen LogP contribution in [0.25, 0.3) is 10.9 Å². The number of carbonyl (C=O) groups excluding carboxylic acids is 3. The van der Waals surface area contributed by atoms with Crippen molar-refractivity contribution in [3.8, 4) is 0 Å². The number of amides is 3. The molecule has 0 aliphatic heterocycles. The normalized spacial score (nSPS) is 14.5. The van der Waals surface area contributed by atoms with Gasteiger partial charge in [0.2, 0.25) is 17.7 Å². The van der Waals surface area contributed by atoms with Crippen molar-refractivity contribution in [1.82, 2.24) is 20.9 Å². The number of carbonyl (C=O) groups is 4. The van der Waals surface area contributed by atoms with Crippen LogP contribution >= 0.6 is 11.8 Å². The van der Waals surface area contributed by atoms with Crippen LogP contribution in [-0.4, -0.2) is 81.7 Å². The molecular weight excluding hydrogens is 498 g/mol. The zero-order valence-corrected chi connectivity index (χ0v) is 22.1. The molecule has 1 aromatic heterocycles. The van der Waals surface area contributed by atoms with E-state index in [0.29, 0.717) is 12.2 Å². The van der Waals surface area contributed by atoms with Gasteiger partial charge in [-0.15, -0.1) is 0 Å². The van der Waals surface area contributed by atoms with Crippen LogP contribution < -0.4 is 21.7 Å². The van der Waals surface area contributed by atoms with Gasteiger partial charge in [-0.05, 0) is 42.4 Å². The van der Waals surface area contributed by atoms with E-state index in [1.165, 1.54) is 0 Å². The summed E-state index contributed by atoms with van der Waals surface area (Å²) in [4.78, 5) is 53.5. The molecule has 2 aromatic rings. The number of carboxylic acid groups (broad SMARTS) is 1. The minimum Gasteiger partial charge on any atom is -0.480 e. The Hall–Kier alpha value is -3.09. The maximum absolute atomic E-state index is 13.4. The lowest BCUT2D eigenvalue weighted by atomic mass is 10.00. The molecule has 3 amide bonds. The first-order chi connectivity index (χ1) is 17.6. The van der Waals surface area contributed by atoms with Crippen LogP contribution in [0.3, 0.4) is 0 Å². The van der Waals surface area contributed by atoms with Crippen molar-refractivity contribution in [3.63, 3.8) is 0 Å². The maximum Gasteiger partial charge on any atom is 0.328 e. The number of aliphatic hydroxyl groups is 1. The quantitative estimate of drug-likeness (QED) is 0.170. The highest BCUT2D eigenvalue weighted by Crippen LogP contribution is 2.19. The molecule has 8 N–H and O–H groups in total. The molecule has 204 valence electrons. The number of fused-ring (bicyclic) bond motifs is 1. The van der Waals surface area contributed by atoms with Gasteiger partial charge in [-0.1, -0.05) is 32.0 Å². The summed E-state index contributed by atoms with van der Waals surface area (Å²) in [5.41, 5.74) is 7.69. The Bertz CT molecular complexity index is 1070. The zero-order valence-electron chi connectivity index (χ0n) is 21.3. The molecule has 0 saturated carbocycles. The van der Waals surface area contributed by atoms with E-state index in [9.17, 15) is 29.4 Å². The topological polar surface area (TPSA) is 187 Å². The first kappa shape index (κ1) is 30.1. The Balaban J connectivity index is 2.28. The number of aromatic nitrogens is 1. The van der Waals surface area contributed by atoms with Crippen LogP contribution in [0, 0.1) is 5.92 Å². The number of thioether (sulfide) groups is 1. The Morgan fingerprint density at radius 2 is 1.62 bits per heavy atom. The van der Waals surface area contributed by atoms with Crippen molar-refractivity contribution in [2.24, 2.45) is 11.7 Å². The lowest BCUT2D eigenvalue weighted by Gasteiger charge is -2.26. The predicted octanol–water partition coefficient (Wildman–Crippen LogP) is 0.368. The third-order valence-electron chi connectivity index (χ3n) is 5.84. The van der Waals surface area contributed by atoms with E-state index >= 15 is 0 Å². The van der Waals surface area contributed by atoms with Gasteiger partial charge in [-0.2, -0.15) is 11.8 Å². The average Bonchev–Trinajstić information content (AvgIpc) is 3.26. The van der Waals surface area contributed by atoms with Crippen molar-refractivity contribution in [2.45, 2.75) is 57.3 Å². The number of para-hydroxylation sites is 1. The van der Waals surface area contributed by atoms with Crippen LogP contribution in [0.15, 0.2) is 30.5 Å². The fourth-order valence-corrected chi connectivity index (χ4v) is 4.31. The Morgan fingerprint density at radius 3 is 2.24 bits per heavy atom. The molecule has 4 atom stereocenters. The monoisotopic (exact) mass is 535 g/mol. The Kier molecular flexibility index (Phi) is 11.9. The highest BCUT2D eigenvalue weighted by molar-refractivity contribution is 7.98. The number of rotatable bonds is 15. The number of benzene rings is 1. The number of nitrogens with one attached hydrogen (secondary N) is 4. The van der Waals surface area contributed by atoms with Gasteiger partial charge in [-0.3, -0.25) is 14.4 Å². The van der Waals surface area contributed by atoms with Crippen LogP contribution in [0.4, 0.5) is 0 Å². The van der Waals surface area contributed by atoms with Crippen LogP contribution in [-0.2, 0) is 25.6 Å². The number of aliphatic hydroxyl groups excluding tert-OH is 1. The van der Waals surface area contributed by atoms with Crippen molar-refractivity contribution < 1.29 is 29.4 Å². The van der Waals surface area contributed by atoms with E-state index in [2.05, 4.69) is 20.9 Å². The van der Waals surface area contributed by atoms with Gasteiger partial charge in [0.1, 0.15) is 18.1 Å². The highest BCUT2D eigenvalue weighted by atomic mass is 32.2. The average molecular weight is 536 g/mol. The van der Waals surface area contributed by atoms with Gasteiger partial charge < -0.3 is 36.9 Å². The standard InChI is InChI=1S/C25H37N5O6S/c1-14(2)10-19(23(33)30-21(13-31)25(35)36)29-24(34)20(28-22(32)17(26)8-9-37-3)11-15-12-27-18-7-5-4-6-16(15)18/h4-7,12,14,17,19-21,27,31H,8-11,13,26H2,1-3H3,(H,28,32)(H,29,34)(H,30,33)(H,35,36). The van der Waals surface area contributed by atoms with Gasteiger partial charge in [0.25, 0.3) is 0 Å². The molecule has 1 heterocycles. The fraction of sp³-hybridized carbons (Fsp3) is 0.520. The predicted molar refractivity (Wildman–Crippen MR) is 143 cm³/mol. The number of aromatic amines is 1. The molecule has 0 aliphatic carbocycles. The fourth-order valence-electron chi connectivity index (χ4n) is 3.82. The van der Waals surface area contributed by atoms with E-state index in [1.54, 1.807) is 18.0 Å².